The van der Waals surface area contributed by atoms with E-state index in [2.05, 4.69) is 22.6 Å². The zero-order valence-electron chi connectivity index (χ0n) is 10.9. The SMILES string of the molecule is COc1ccccc1Sc1cc(-c2ccccc2)sn1. The Morgan fingerprint density at radius 2 is 1.75 bits per heavy atom. The summed E-state index contributed by atoms with van der Waals surface area (Å²) in [7, 11) is 1.69. The maximum absolute atomic E-state index is 5.36. The van der Waals surface area contributed by atoms with Gasteiger partial charge in [0.1, 0.15) is 10.8 Å². The highest BCUT2D eigenvalue weighted by Gasteiger charge is 2.08. The van der Waals surface area contributed by atoms with Crippen LogP contribution in [0.3, 0.4) is 0 Å². The Morgan fingerprint density at radius 1 is 1.00 bits per heavy atom. The summed E-state index contributed by atoms with van der Waals surface area (Å²) in [6.45, 7) is 0. The zero-order valence-corrected chi connectivity index (χ0v) is 12.6. The second-order valence-corrected chi connectivity index (χ2v) is 6.02. The second-order valence-electron chi connectivity index (χ2n) is 4.15. The molecule has 2 aromatic carbocycles. The highest BCUT2D eigenvalue weighted by atomic mass is 32.2. The van der Waals surface area contributed by atoms with Crippen LogP contribution in [0.25, 0.3) is 10.4 Å². The molecule has 4 heteroatoms. The van der Waals surface area contributed by atoms with Crippen molar-refractivity contribution in [1.82, 2.24) is 4.37 Å². The van der Waals surface area contributed by atoms with Crippen molar-refractivity contribution in [3.63, 3.8) is 0 Å². The summed E-state index contributed by atoms with van der Waals surface area (Å²) in [5.74, 6) is 0.881. The summed E-state index contributed by atoms with van der Waals surface area (Å²) in [4.78, 5) is 2.27. The molecule has 0 aliphatic rings. The van der Waals surface area contributed by atoms with Gasteiger partial charge in [0.05, 0.1) is 16.9 Å². The maximum atomic E-state index is 5.36. The van der Waals surface area contributed by atoms with Gasteiger partial charge in [0.2, 0.25) is 0 Å². The van der Waals surface area contributed by atoms with E-state index in [1.807, 2.05) is 42.5 Å². The van der Waals surface area contributed by atoms with Gasteiger partial charge in [-0.25, -0.2) is 0 Å². The van der Waals surface area contributed by atoms with Gasteiger partial charge in [0.25, 0.3) is 0 Å². The van der Waals surface area contributed by atoms with Crippen LogP contribution >= 0.6 is 23.3 Å². The van der Waals surface area contributed by atoms with Gasteiger partial charge in [0, 0.05) is 0 Å². The molecule has 0 saturated carbocycles. The van der Waals surface area contributed by atoms with Gasteiger partial charge in [-0.2, -0.15) is 4.37 Å². The molecule has 1 aromatic heterocycles. The summed E-state index contributed by atoms with van der Waals surface area (Å²) >= 11 is 3.15. The fourth-order valence-corrected chi connectivity index (χ4v) is 3.64. The number of para-hydroxylation sites is 1. The molecule has 100 valence electrons. The lowest BCUT2D eigenvalue weighted by Crippen LogP contribution is -1.84. The predicted octanol–water partition coefficient (Wildman–Crippen LogP) is 4.97. The van der Waals surface area contributed by atoms with Crippen LogP contribution in [-0.4, -0.2) is 11.5 Å². The van der Waals surface area contributed by atoms with E-state index < -0.39 is 0 Å². The Morgan fingerprint density at radius 3 is 2.55 bits per heavy atom. The minimum absolute atomic E-state index is 0.881. The number of hydrogen-bond donors (Lipinski definition) is 0. The summed E-state index contributed by atoms with van der Waals surface area (Å²) in [6, 6.07) is 20.4. The molecule has 0 saturated heterocycles. The van der Waals surface area contributed by atoms with Crippen molar-refractivity contribution < 1.29 is 4.74 Å². The Bertz CT molecular complexity index is 694. The summed E-state index contributed by atoms with van der Waals surface area (Å²) in [5.41, 5.74) is 1.21. The first-order valence-corrected chi connectivity index (χ1v) is 7.79. The molecule has 3 rings (SSSR count). The third kappa shape index (κ3) is 2.86. The highest BCUT2D eigenvalue weighted by Crippen LogP contribution is 2.37. The molecule has 0 aliphatic heterocycles. The Kier molecular flexibility index (Phi) is 4.04. The lowest BCUT2D eigenvalue weighted by molar-refractivity contribution is 0.405. The molecule has 1 heterocycles. The van der Waals surface area contributed by atoms with Crippen molar-refractivity contribution in [3.8, 4) is 16.2 Å². The molecular formula is C16H13NOS2. The molecule has 0 radical (unpaired) electrons. The first kappa shape index (κ1) is 13.2. The van der Waals surface area contributed by atoms with Crippen LogP contribution in [0.2, 0.25) is 0 Å². The Balaban J connectivity index is 1.84. The van der Waals surface area contributed by atoms with Gasteiger partial charge in [0.15, 0.2) is 0 Å². The number of nitrogens with zero attached hydrogens (tertiary/aromatic N) is 1. The molecule has 0 aliphatic carbocycles. The lowest BCUT2D eigenvalue weighted by Gasteiger charge is -2.05. The Hall–Kier alpha value is -1.78. The number of ether oxygens (including phenoxy) is 1. The van der Waals surface area contributed by atoms with E-state index in [-0.39, 0.29) is 0 Å². The molecule has 0 unspecified atom stereocenters. The van der Waals surface area contributed by atoms with E-state index in [9.17, 15) is 0 Å². The van der Waals surface area contributed by atoms with Gasteiger partial charge < -0.3 is 4.74 Å². The molecule has 2 nitrogen and oxygen atoms in total. The molecule has 0 amide bonds. The maximum Gasteiger partial charge on any atom is 0.132 e. The first-order valence-electron chi connectivity index (χ1n) is 6.20. The third-order valence-electron chi connectivity index (χ3n) is 2.83. The minimum Gasteiger partial charge on any atom is -0.496 e. The van der Waals surface area contributed by atoms with Gasteiger partial charge in [-0.05, 0) is 35.3 Å². The quantitative estimate of drug-likeness (QED) is 0.679. The van der Waals surface area contributed by atoms with Gasteiger partial charge in [-0.1, -0.05) is 54.2 Å². The number of rotatable bonds is 4. The van der Waals surface area contributed by atoms with Gasteiger partial charge in [-0.15, -0.1) is 0 Å². The van der Waals surface area contributed by atoms with Crippen molar-refractivity contribution in [3.05, 3.63) is 60.7 Å². The van der Waals surface area contributed by atoms with Crippen LogP contribution in [0.15, 0.2) is 70.6 Å². The van der Waals surface area contributed by atoms with Crippen LogP contribution in [-0.2, 0) is 0 Å². The normalized spacial score (nSPS) is 10.4. The van der Waals surface area contributed by atoms with Crippen molar-refractivity contribution in [2.75, 3.05) is 7.11 Å². The molecular weight excluding hydrogens is 286 g/mol. The van der Waals surface area contributed by atoms with Gasteiger partial charge >= 0.3 is 0 Å². The van der Waals surface area contributed by atoms with Gasteiger partial charge in [-0.3, -0.25) is 0 Å². The van der Waals surface area contributed by atoms with Crippen molar-refractivity contribution in [2.45, 2.75) is 9.92 Å². The van der Waals surface area contributed by atoms with E-state index in [4.69, 9.17) is 4.74 Å². The lowest BCUT2D eigenvalue weighted by atomic mass is 10.2. The summed E-state index contributed by atoms with van der Waals surface area (Å²) in [6.07, 6.45) is 0. The average Bonchev–Trinajstić information content (AvgIpc) is 2.97. The zero-order chi connectivity index (χ0) is 13.8. The van der Waals surface area contributed by atoms with Crippen LogP contribution in [0.5, 0.6) is 5.75 Å². The fraction of sp³-hybridized carbons (Fsp3) is 0.0625. The number of aromatic nitrogens is 1. The van der Waals surface area contributed by atoms with Crippen LogP contribution in [0, 0.1) is 0 Å². The number of methoxy groups -OCH3 is 1. The smallest absolute Gasteiger partial charge is 0.132 e. The van der Waals surface area contributed by atoms with Crippen LogP contribution in [0.1, 0.15) is 0 Å². The van der Waals surface area contributed by atoms with E-state index in [0.717, 1.165) is 15.7 Å². The number of benzene rings is 2. The third-order valence-corrected chi connectivity index (χ3v) is 4.76. The number of hydrogen-bond acceptors (Lipinski definition) is 4. The molecule has 0 fully saturated rings. The molecule has 0 spiro atoms. The Labute approximate surface area is 126 Å². The highest BCUT2D eigenvalue weighted by molar-refractivity contribution is 7.99. The second kappa shape index (κ2) is 6.11. The van der Waals surface area contributed by atoms with Crippen LogP contribution in [0.4, 0.5) is 0 Å². The van der Waals surface area contributed by atoms with E-state index in [1.165, 1.54) is 22.0 Å². The summed E-state index contributed by atoms with van der Waals surface area (Å²) < 4.78 is 9.88. The monoisotopic (exact) mass is 299 g/mol. The molecule has 20 heavy (non-hydrogen) atoms. The molecule has 0 N–H and O–H groups in total. The average molecular weight is 299 g/mol. The fourth-order valence-electron chi connectivity index (χ4n) is 1.86. The summed E-state index contributed by atoms with van der Waals surface area (Å²) in [5, 5.41) is 0.998. The standard InChI is InChI=1S/C16H13NOS2/c1-18-13-9-5-6-10-14(13)19-16-11-15(20-17-16)12-7-3-2-4-8-12/h2-11H,1H3. The van der Waals surface area contributed by atoms with Crippen molar-refractivity contribution in [1.29, 1.82) is 0 Å². The van der Waals surface area contributed by atoms with Crippen molar-refractivity contribution >= 4 is 23.3 Å². The van der Waals surface area contributed by atoms with E-state index >= 15 is 0 Å². The molecule has 0 atom stereocenters. The van der Waals surface area contributed by atoms with Crippen molar-refractivity contribution in [2.24, 2.45) is 0 Å². The predicted molar refractivity (Wildman–Crippen MR) is 84.7 cm³/mol. The van der Waals surface area contributed by atoms with Crippen LogP contribution < -0.4 is 4.74 Å². The topological polar surface area (TPSA) is 22.1 Å². The molecule has 0 bridgehead atoms. The molecule has 3 aromatic rings. The largest absolute Gasteiger partial charge is 0.496 e. The first-order chi connectivity index (χ1) is 9.86. The van der Waals surface area contributed by atoms with E-state index in [0.29, 0.717) is 0 Å². The minimum atomic E-state index is 0.881. The van der Waals surface area contributed by atoms with E-state index in [1.54, 1.807) is 18.9 Å².